The molecule has 1 aliphatic rings. The van der Waals surface area contributed by atoms with E-state index in [9.17, 15) is 8.42 Å². The molecule has 1 saturated heterocycles. The van der Waals surface area contributed by atoms with E-state index in [1.165, 1.54) is 4.31 Å². The summed E-state index contributed by atoms with van der Waals surface area (Å²) in [5, 5.41) is 0. The first-order valence-electron chi connectivity index (χ1n) is 8.40. The standard InChI is InChI=1S/C17H24N4O3S/c1-20-12-9-18-17(20)16(14-7-6-8-15(13-14)24-2)19-25(22,23)21-10-4-3-5-11-21/h6-9,12-13,16,19H,3-5,10-11H2,1-2H3. The minimum absolute atomic E-state index is 0.556. The largest absolute Gasteiger partial charge is 0.497 e. The molecule has 0 radical (unpaired) electrons. The fourth-order valence-corrected chi connectivity index (χ4v) is 4.50. The Kier molecular flexibility index (Phi) is 5.41. The first kappa shape index (κ1) is 17.9. The number of piperidine rings is 1. The van der Waals surface area contributed by atoms with Gasteiger partial charge in [-0.2, -0.15) is 17.4 Å². The van der Waals surface area contributed by atoms with Gasteiger partial charge in [0, 0.05) is 32.5 Å². The highest BCUT2D eigenvalue weighted by Gasteiger charge is 2.30. The number of imidazole rings is 1. The van der Waals surface area contributed by atoms with Gasteiger partial charge in [-0.1, -0.05) is 18.6 Å². The third-order valence-corrected chi connectivity index (χ3v) is 6.04. The fourth-order valence-electron chi connectivity index (χ4n) is 3.07. The molecule has 7 nitrogen and oxygen atoms in total. The van der Waals surface area contributed by atoms with Crippen LogP contribution in [-0.4, -0.2) is 42.5 Å². The van der Waals surface area contributed by atoms with Gasteiger partial charge in [-0.25, -0.2) is 4.98 Å². The zero-order chi connectivity index (χ0) is 17.9. The van der Waals surface area contributed by atoms with Crippen molar-refractivity contribution in [3.63, 3.8) is 0 Å². The maximum atomic E-state index is 12.9. The van der Waals surface area contributed by atoms with E-state index in [0.29, 0.717) is 24.7 Å². The summed E-state index contributed by atoms with van der Waals surface area (Å²) in [5.41, 5.74) is 0.786. The monoisotopic (exact) mass is 364 g/mol. The molecule has 0 amide bonds. The van der Waals surface area contributed by atoms with Crippen molar-refractivity contribution in [3.05, 3.63) is 48.0 Å². The van der Waals surface area contributed by atoms with Gasteiger partial charge < -0.3 is 9.30 Å². The van der Waals surface area contributed by atoms with Crippen molar-refractivity contribution in [1.29, 1.82) is 0 Å². The number of nitrogens with zero attached hydrogens (tertiary/aromatic N) is 3. The predicted molar refractivity (Wildman–Crippen MR) is 95.5 cm³/mol. The highest BCUT2D eigenvalue weighted by Crippen LogP contribution is 2.26. The normalized spacial score (nSPS) is 17.4. The second-order valence-electron chi connectivity index (χ2n) is 6.19. The molecule has 1 aromatic carbocycles. The Morgan fingerprint density at radius 1 is 1.24 bits per heavy atom. The van der Waals surface area contributed by atoms with E-state index in [4.69, 9.17) is 4.74 Å². The molecule has 8 heteroatoms. The van der Waals surface area contributed by atoms with Crippen LogP contribution in [0.1, 0.15) is 36.7 Å². The zero-order valence-electron chi connectivity index (χ0n) is 14.6. The van der Waals surface area contributed by atoms with E-state index >= 15 is 0 Å². The summed E-state index contributed by atoms with van der Waals surface area (Å²) in [6.45, 7) is 1.11. The maximum absolute atomic E-state index is 12.9. The molecule has 0 aliphatic carbocycles. The van der Waals surface area contributed by atoms with Gasteiger partial charge in [0.15, 0.2) is 0 Å². The van der Waals surface area contributed by atoms with E-state index in [0.717, 1.165) is 24.8 Å². The van der Waals surface area contributed by atoms with Crippen molar-refractivity contribution in [3.8, 4) is 5.75 Å². The van der Waals surface area contributed by atoms with Crippen molar-refractivity contribution in [1.82, 2.24) is 18.6 Å². The molecule has 136 valence electrons. The smallest absolute Gasteiger partial charge is 0.280 e. The Morgan fingerprint density at radius 2 is 2.00 bits per heavy atom. The van der Waals surface area contributed by atoms with Crippen LogP contribution in [0.3, 0.4) is 0 Å². The molecule has 0 bridgehead atoms. The molecule has 1 aliphatic heterocycles. The van der Waals surface area contributed by atoms with Crippen LogP contribution in [0.2, 0.25) is 0 Å². The summed E-state index contributed by atoms with van der Waals surface area (Å²) in [5.74, 6) is 1.31. The molecule has 1 N–H and O–H groups in total. The van der Waals surface area contributed by atoms with E-state index in [-0.39, 0.29) is 0 Å². The number of methoxy groups -OCH3 is 1. The lowest BCUT2D eigenvalue weighted by molar-refractivity contribution is 0.339. The van der Waals surface area contributed by atoms with E-state index < -0.39 is 16.3 Å². The lowest BCUT2D eigenvalue weighted by Gasteiger charge is -2.28. The highest BCUT2D eigenvalue weighted by molar-refractivity contribution is 7.87. The summed E-state index contributed by atoms with van der Waals surface area (Å²) in [4.78, 5) is 4.35. The third-order valence-electron chi connectivity index (χ3n) is 4.47. The van der Waals surface area contributed by atoms with Crippen LogP contribution < -0.4 is 9.46 Å². The first-order chi connectivity index (χ1) is 12.0. The van der Waals surface area contributed by atoms with Gasteiger partial charge in [0.2, 0.25) is 0 Å². The van der Waals surface area contributed by atoms with Crippen LogP contribution in [0.25, 0.3) is 0 Å². The average Bonchev–Trinajstić information content (AvgIpc) is 3.06. The highest BCUT2D eigenvalue weighted by atomic mass is 32.2. The van der Waals surface area contributed by atoms with Crippen molar-refractivity contribution < 1.29 is 13.2 Å². The number of ether oxygens (including phenoxy) is 1. The molecular weight excluding hydrogens is 340 g/mol. The van der Waals surface area contributed by atoms with Gasteiger partial charge >= 0.3 is 0 Å². The van der Waals surface area contributed by atoms with E-state index in [1.807, 2.05) is 35.9 Å². The first-order valence-corrected chi connectivity index (χ1v) is 9.84. The molecule has 2 aromatic rings. The van der Waals surface area contributed by atoms with Crippen molar-refractivity contribution >= 4 is 10.2 Å². The summed E-state index contributed by atoms with van der Waals surface area (Å²) in [6.07, 6.45) is 6.33. The van der Waals surface area contributed by atoms with Gasteiger partial charge in [0.05, 0.1) is 7.11 Å². The summed E-state index contributed by atoms with van der Waals surface area (Å²) in [7, 11) is -0.162. The van der Waals surface area contributed by atoms with Crippen molar-refractivity contribution in [2.24, 2.45) is 7.05 Å². The van der Waals surface area contributed by atoms with Crippen LogP contribution in [0.5, 0.6) is 5.75 Å². The lowest BCUT2D eigenvalue weighted by Crippen LogP contribution is -2.45. The second-order valence-corrected chi connectivity index (χ2v) is 7.89. The van der Waals surface area contributed by atoms with E-state index in [2.05, 4.69) is 9.71 Å². The quantitative estimate of drug-likeness (QED) is 0.848. The molecule has 2 heterocycles. The number of nitrogens with one attached hydrogen (secondary N) is 1. The molecule has 25 heavy (non-hydrogen) atoms. The summed E-state index contributed by atoms with van der Waals surface area (Å²) in [6, 6.07) is 6.80. The van der Waals surface area contributed by atoms with Gasteiger partial charge in [0.25, 0.3) is 10.2 Å². The Hall–Kier alpha value is -1.90. The molecule has 0 spiro atoms. The molecule has 1 aromatic heterocycles. The molecule has 0 saturated carbocycles. The van der Waals surface area contributed by atoms with Gasteiger partial charge in [-0.3, -0.25) is 0 Å². The number of hydrogen-bond donors (Lipinski definition) is 1. The number of benzene rings is 1. The van der Waals surface area contributed by atoms with Gasteiger partial charge in [-0.05, 0) is 30.5 Å². The van der Waals surface area contributed by atoms with Crippen molar-refractivity contribution in [2.75, 3.05) is 20.2 Å². The zero-order valence-corrected chi connectivity index (χ0v) is 15.4. The van der Waals surface area contributed by atoms with Gasteiger partial charge in [0.1, 0.15) is 17.6 Å². The Balaban J connectivity index is 1.95. The number of aromatic nitrogens is 2. The molecule has 1 atom stereocenters. The van der Waals surface area contributed by atoms with Crippen LogP contribution in [0.4, 0.5) is 0 Å². The topological polar surface area (TPSA) is 76.5 Å². The predicted octanol–water partition coefficient (Wildman–Crippen LogP) is 1.84. The SMILES string of the molecule is COc1cccc(C(NS(=O)(=O)N2CCCCC2)c2nccn2C)c1. The lowest BCUT2D eigenvalue weighted by atomic mass is 10.1. The number of rotatable bonds is 6. The second kappa shape index (κ2) is 7.55. The van der Waals surface area contributed by atoms with Crippen LogP contribution in [-0.2, 0) is 17.3 Å². The Morgan fingerprint density at radius 3 is 2.64 bits per heavy atom. The Labute approximate surface area is 148 Å². The fraction of sp³-hybridized carbons (Fsp3) is 0.471. The molecule has 1 fully saturated rings. The average molecular weight is 364 g/mol. The molecule has 3 rings (SSSR count). The van der Waals surface area contributed by atoms with Crippen LogP contribution >= 0.6 is 0 Å². The number of aryl methyl sites for hydroxylation is 1. The maximum Gasteiger partial charge on any atom is 0.280 e. The van der Waals surface area contributed by atoms with Gasteiger partial charge in [-0.15, -0.1) is 0 Å². The number of hydrogen-bond acceptors (Lipinski definition) is 4. The molecule has 1 unspecified atom stereocenters. The minimum atomic E-state index is -3.60. The van der Waals surface area contributed by atoms with Crippen LogP contribution in [0.15, 0.2) is 36.7 Å². The summed E-state index contributed by atoms with van der Waals surface area (Å²) < 4.78 is 37.2. The summed E-state index contributed by atoms with van der Waals surface area (Å²) >= 11 is 0. The van der Waals surface area contributed by atoms with Crippen molar-refractivity contribution in [2.45, 2.75) is 25.3 Å². The Bertz CT molecular complexity index is 813. The van der Waals surface area contributed by atoms with E-state index in [1.54, 1.807) is 19.5 Å². The third kappa shape index (κ3) is 4.02. The molecular formula is C17H24N4O3S. The minimum Gasteiger partial charge on any atom is -0.497 e. The van der Waals surface area contributed by atoms with Crippen LogP contribution in [0, 0.1) is 0 Å².